The summed E-state index contributed by atoms with van der Waals surface area (Å²) < 4.78 is 0. The molecule has 0 spiro atoms. The number of carbonyl (C=O) groups is 1. The number of aliphatic carboxylic acids is 1. The van der Waals surface area contributed by atoms with E-state index in [-0.39, 0.29) is 6.04 Å². The average Bonchev–Trinajstić information content (AvgIpc) is 2.83. The highest BCUT2D eigenvalue weighted by atomic mass is 32.1. The molecule has 1 aromatic rings. The summed E-state index contributed by atoms with van der Waals surface area (Å²) in [5.74, 6) is -0.663. The first-order valence-corrected chi connectivity index (χ1v) is 7.14. The van der Waals surface area contributed by atoms with Gasteiger partial charge in [-0.1, -0.05) is 12.5 Å². The predicted molar refractivity (Wildman–Crippen MR) is 69.5 cm³/mol. The van der Waals surface area contributed by atoms with Crippen LogP contribution in [0.3, 0.4) is 0 Å². The average molecular weight is 253 g/mol. The number of hydrogen-bond acceptors (Lipinski definition) is 3. The molecule has 1 atom stereocenters. The number of carboxylic acids is 1. The zero-order valence-electron chi connectivity index (χ0n) is 9.97. The molecule has 0 aromatic carbocycles. The van der Waals surface area contributed by atoms with Gasteiger partial charge in [0.05, 0.1) is 0 Å². The highest BCUT2D eigenvalue weighted by molar-refractivity contribution is 7.09. The van der Waals surface area contributed by atoms with E-state index in [1.807, 2.05) is 11.4 Å². The van der Waals surface area contributed by atoms with Gasteiger partial charge < -0.3 is 5.11 Å². The van der Waals surface area contributed by atoms with Crippen LogP contribution in [0.25, 0.3) is 0 Å². The van der Waals surface area contributed by atoms with Gasteiger partial charge in [0, 0.05) is 4.88 Å². The van der Waals surface area contributed by atoms with E-state index in [1.54, 1.807) is 11.3 Å². The van der Waals surface area contributed by atoms with Crippen molar-refractivity contribution in [3.05, 3.63) is 22.4 Å². The fraction of sp³-hybridized carbons (Fsp3) is 0.615. The smallest absolute Gasteiger partial charge is 0.320 e. The van der Waals surface area contributed by atoms with Crippen LogP contribution >= 0.6 is 11.3 Å². The summed E-state index contributed by atoms with van der Waals surface area (Å²) in [7, 11) is 0. The second kappa shape index (κ2) is 6.17. The minimum absolute atomic E-state index is 0.294. The monoisotopic (exact) mass is 253 g/mol. The number of hydrogen-bond donors (Lipinski definition) is 1. The lowest BCUT2D eigenvalue weighted by molar-refractivity contribution is -0.144. The van der Waals surface area contributed by atoms with Gasteiger partial charge in [-0.3, -0.25) is 9.69 Å². The van der Waals surface area contributed by atoms with Crippen molar-refractivity contribution in [3.8, 4) is 0 Å². The maximum Gasteiger partial charge on any atom is 0.320 e. The second-order valence-electron chi connectivity index (χ2n) is 4.57. The van der Waals surface area contributed by atoms with E-state index in [9.17, 15) is 9.90 Å². The van der Waals surface area contributed by atoms with E-state index in [1.165, 1.54) is 11.3 Å². The molecule has 0 bridgehead atoms. The van der Waals surface area contributed by atoms with Gasteiger partial charge in [-0.15, -0.1) is 11.3 Å². The first kappa shape index (κ1) is 12.6. The lowest BCUT2D eigenvalue weighted by atomic mass is 10.0. The molecule has 1 saturated heterocycles. The Labute approximate surface area is 106 Å². The zero-order valence-corrected chi connectivity index (χ0v) is 10.8. The van der Waals surface area contributed by atoms with Gasteiger partial charge in [-0.2, -0.15) is 0 Å². The number of thiophene rings is 1. The first-order valence-electron chi connectivity index (χ1n) is 6.26. The molecule has 1 aliphatic heterocycles. The van der Waals surface area contributed by atoms with Gasteiger partial charge in [0.15, 0.2) is 0 Å². The van der Waals surface area contributed by atoms with Crippen LogP contribution in [0.4, 0.5) is 0 Å². The van der Waals surface area contributed by atoms with Crippen LogP contribution in [0.15, 0.2) is 17.5 Å². The van der Waals surface area contributed by atoms with Crippen LogP contribution in [0.2, 0.25) is 0 Å². The minimum atomic E-state index is -0.663. The molecule has 17 heavy (non-hydrogen) atoms. The summed E-state index contributed by atoms with van der Waals surface area (Å²) in [5.41, 5.74) is 0. The maximum atomic E-state index is 11.3. The standard InChI is InChI=1S/C13H19NO2S/c15-13(16)12(14-8-2-1-3-9-14)7-6-11-5-4-10-17-11/h4-5,10,12H,1-3,6-9H2,(H,15,16). The van der Waals surface area contributed by atoms with E-state index in [2.05, 4.69) is 11.0 Å². The molecule has 2 heterocycles. The topological polar surface area (TPSA) is 40.5 Å². The van der Waals surface area contributed by atoms with Crippen molar-refractivity contribution in [1.29, 1.82) is 0 Å². The highest BCUT2D eigenvalue weighted by Gasteiger charge is 2.26. The third-order valence-electron chi connectivity index (χ3n) is 3.36. The van der Waals surface area contributed by atoms with E-state index >= 15 is 0 Å². The first-order chi connectivity index (χ1) is 8.27. The largest absolute Gasteiger partial charge is 0.480 e. The van der Waals surface area contributed by atoms with Crippen molar-refractivity contribution < 1.29 is 9.90 Å². The highest BCUT2D eigenvalue weighted by Crippen LogP contribution is 2.18. The normalized spacial score (nSPS) is 19.1. The number of nitrogens with zero attached hydrogens (tertiary/aromatic N) is 1. The molecule has 1 N–H and O–H groups in total. The van der Waals surface area contributed by atoms with Crippen molar-refractivity contribution in [2.75, 3.05) is 13.1 Å². The number of aryl methyl sites for hydroxylation is 1. The fourth-order valence-electron chi connectivity index (χ4n) is 2.43. The van der Waals surface area contributed by atoms with Crippen molar-refractivity contribution in [2.24, 2.45) is 0 Å². The van der Waals surface area contributed by atoms with Gasteiger partial charge in [0.25, 0.3) is 0 Å². The Kier molecular flexibility index (Phi) is 4.57. The van der Waals surface area contributed by atoms with Crippen LogP contribution in [-0.4, -0.2) is 35.1 Å². The van der Waals surface area contributed by atoms with Crippen LogP contribution < -0.4 is 0 Å². The Balaban J connectivity index is 1.90. The molecule has 2 rings (SSSR count). The van der Waals surface area contributed by atoms with Crippen molar-refractivity contribution in [2.45, 2.75) is 38.1 Å². The molecular weight excluding hydrogens is 234 g/mol. The van der Waals surface area contributed by atoms with Gasteiger partial charge in [-0.25, -0.2) is 0 Å². The summed E-state index contributed by atoms with van der Waals surface area (Å²) in [6, 6.07) is 3.81. The molecule has 1 aromatic heterocycles. The third-order valence-corrected chi connectivity index (χ3v) is 4.30. The zero-order chi connectivity index (χ0) is 12.1. The summed E-state index contributed by atoms with van der Waals surface area (Å²) in [5, 5.41) is 11.4. The van der Waals surface area contributed by atoms with Crippen LogP contribution in [0, 0.1) is 0 Å². The van der Waals surface area contributed by atoms with Gasteiger partial charge >= 0.3 is 5.97 Å². The van der Waals surface area contributed by atoms with Crippen molar-refractivity contribution in [3.63, 3.8) is 0 Å². The fourth-order valence-corrected chi connectivity index (χ4v) is 3.15. The Bertz CT molecular complexity index is 344. The number of carboxylic acid groups (broad SMARTS) is 1. The molecule has 1 unspecified atom stereocenters. The molecule has 4 heteroatoms. The molecule has 3 nitrogen and oxygen atoms in total. The quantitative estimate of drug-likeness (QED) is 0.877. The summed E-state index contributed by atoms with van der Waals surface area (Å²) in [6.07, 6.45) is 5.14. The van der Waals surface area contributed by atoms with Gasteiger partial charge in [0.1, 0.15) is 6.04 Å². The molecule has 1 fully saturated rings. The Morgan fingerprint density at radius 3 is 2.76 bits per heavy atom. The summed E-state index contributed by atoms with van der Waals surface area (Å²) in [6.45, 7) is 1.89. The van der Waals surface area contributed by atoms with Crippen LogP contribution in [-0.2, 0) is 11.2 Å². The van der Waals surface area contributed by atoms with E-state index in [4.69, 9.17) is 0 Å². The lowest BCUT2D eigenvalue weighted by Crippen LogP contribution is -2.44. The number of rotatable bonds is 5. The second-order valence-corrected chi connectivity index (χ2v) is 5.60. The summed E-state index contributed by atoms with van der Waals surface area (Å²) in [4.78, 5) is 14.7. The van der Waals surface area contributed by atoms with Crippen molar-refractivity contribution in [1.82, 2.24) is 4.90 Å². The predicted octanol–water partition coefficient (Wildman–Crippen LogP) is 2.62. The molecule has 0 radical (unpaired) electrons. The van der Waals surface area contributed by atoms with E-state index < -0.39 is 5.97 Å². The Morgan fingerprint density at radius 2 is 2.18 bits per heavy atom. The SMILES string of the molecule is O=C(O)C(CCc1cccs1)N1CCCCC1. The molecular formula is C13H19NO2S. The molecule has 0 saturated carbocycles. The minimum Gasteiger partial charge on any atom is -0.480 e. The maximum absolute atomic E-state index is 11.3. The lowest BCUT2D eigenvalue weighted by Gasteiger charge is -2.31. The molecule has 0 aliphatic carbocycles. The number of likely N-dealkylation sites (tertiary alicyclic amines) is 1. The van der Waals surface area contributed by atoms with Crippen molar-refractivity contribution >= 4 is 17.3 Å². The van der Waals surface area contributed by atoms with Crippen LogP contribution in [0.1, 0.15) is 30.6 Å². The Hall–Kier alpha value is -0.870. The molecule has 0 amide bonds. The molecule has 1 aliphatic rings. The van der Waals surface area contributed by atoms with E-state index in [0.717, 1.165) is 38.8 Å². The number of piperidine rings is 1. The van der Waals surface area contributed by atoms with Crippen LogP contribution in [0.5, 0.6) is 0 Å². The van der Waals surface area contributed by atoms with Gasteiger partial charge in [0.2, 0.25) is 0 Å². The van der Waals surface area contributed by atoms with Gasteiger partial charge in [-0.05, 0) is 50.2 Å². The third kappa shape index (κ3) is 3.54. The molecule has 94 valence electrons. The summed E-state index contributed by atoms with van der Waals surface area (Å²) >= 11 is 1.71. The Morgan fingerprint density at radius 1 is 1.41 bits per heavy atom. The van der Waals surface area contributed by atoms with E-state index in [0.29, 0.717) is 0 Å².